The minimum absolute atomic E-state index is 0.00304. The van der Waals surface area contributed by atoms with E-state index in [0.29, 0.717) is 15.7 Å². The van der Waals surface area contributed by atoms with E-state index in [9.17, 15) is 9.59 Å². The minimum Gasteiger partial charge on any atom is -0.325 e. The lowest BCUT2D eigenvalue weighted by Crippen LogP contribution is -2.45. The topological polar surface area (TPSA) is 46.2 Å². The highest BCUT2D eigenvalue weighted by molar-refractivity contribution is 6.31. The first-order chi connectivity index (χ1) is 15.4. The monoisotopic (exact) mass is 461 g/mol. The second-order valence-corrected chi connectivity index (χ2v) is 9.17. The Balaban J connectivity index is 1.86. The number of nitrogens with one attached hydrogen (secondary N) is 1. The fraction of sp³-hybridized carbons (Fsp3) is 0.185. The average Bonchev–Trinajstić information content (AvgIpc) is 3.06. The normalized spacial score (nSPS) is 22.0. The van der Waals surface area contributed by atoms with Crippen LogP contribution < -0.4 is 5.32 Å². The van der Waals surface area contributed by atoms with Crippen LogP contribution in [0.2, 0.25) is 10.0 Å². The Kier molecular flexibility index (Phi) is 5.19. The first-order valence-corrected chi connectivity index (χ1v) is 11.4. The maximum absolute atomic E-state index is 13.9. The summed E-state index contributed by atoms with van der Waals surface area (Å²) in [6.07, 6.45) is 2.67. The van der Waals surface area contributed by atoms with Gasteiger partial charge in [0.2, 0.25) is 5.91 Å². The fourth-order valence-corrected chi connectivity index (χ4v) is 5.64. The Morgan fingerprint density at radius 3 is 2.53 bits per heavy atom. The zero-order valence-electron chi connectivity index (χ0n) is 17.5. The summed E-state index contributed by atoms with van der Waals surface area (Å²) >= 11 is 12.6. The van der Waals surface area contributed by atoms with Gasteiger partial charge in [-0.1, -0.05) is 72.6 Å². The van der Waals surface area contributed by atoms with Crippen molar-refractivity contribution in [2.45, 2.75) is 31.1 Å². The molecule has 0 fully saturated rings. The zero-order valence-corrected chi connectivity index (χ0v) is 19.0. The quantitative estimate of drug-likeness (QED) is 0.478. The number of halogens is 2. The molecule has 2 atom stereocenters. The van der Waals surface area contributed by atoms with Gasteiger partial charge in [0, 0.05) is 28.1 Å². The van der Waals surface area contributed by atoms with E-state index in [4.69, 9.17) is 23.2 Å². The molecule has 0 radical (unpaired) electrons. The Hall–Kier alpha value is -2.88. The number of carbonyl (C=O) groups excluding carboxylic acids is 2. The van der Waals surface area contributed by atoms with Crippen LogP contribution >= 0.6 is 23.2 Å². The third-order valence-corrected chi connectivity index (χ3v) is 7.08. The van der Waals surface area contributed by atoms with Gasteiger partial charge < -0.3 is 5.32 Å². The van der Waals surface area contributed by atoms with Gasteiger partial charge in [0.1, 0.15) is 5.41 Å². The lowest BCUT2D eigenvalue weighted by atomic mass is 9.58. The number of benzene rings is 3. The van der Waals surface area contributed by atoms with Crippen LogP contribution in [0.1, 0.15) is 41.5 Å². The summed E-state index contributed by atoms with van der Waals surface area (Å²) < 4.78 is 0. The summed E-state index contributed by atoms with van der Waals surface area (Å²) in [5.74, 6) is -0.554. The standard InChI is InChI=1S/C27H21Cl2NO2/c1-2-16-6-3-4-9-21(16)24-15-20(31)14-23(17-7-5-8-18(28)12-17)27(24)22-11-10-19(29)13-25(22)30-26(27)32/h3-13,15,23H,2,14H2,1H3,(H,30,32)/t23-,27+/m0/s1. The van der Waals surface area contributed by atoms with Crippen LogP contribution in [0, 0.1) is 0 Å². The molecule has 2 aliphatic rings. The Morgan fingerprint density at radius 1 is 0.969 bits per heavy atom. The Labute approximate surface area is 197 Å². The smallest absolute Gasteiger partial charge is 0.240 e. The second kappa shape index (κ2) is 7.91. The number of ketones is 1. The van der Waals surface area contributed by atoms with E-state index < -0.39 is 11.3 Å². The number of anilines is 1. The first kappa shape index (κ1) is 21.0. The number of hydrogen-bond donors (Lipinski definition) is 1. The fourth-order valence-electron chi connectivity index (χ4n) is 5.27. The molecule has 1 N–H and O–H groups in total. The SMILES string of the molecule is CCc1ccccc1C1=CC(=O)C[C@@H](c2cccc(Cl)c2)[C@@]12C(=O)Nc1cc(Cl)ccc12. The number of allylic oxidation sites excluding steroid dienone is 1. The van der Waals surface area contributed by atoms with E-state index in [1.165, 1.54) is 0 Å². The molecular formula is C27H21Cl2NO2. The summed E-state index contributed by atoms with van der Waals surface area (Å²) in [5, 5.41) is 4.18. The van der Waals surface area contributed by atoms with Crippen LogP contribution in [-0.4, -0.2) is 11.7 Å². The first-order valence-electron chi connectivity index (χ1n) is 10.7. The molecule has 32 heavy (non-hydrogen) atoms. The summed E-state index contributed by atoms with van der Waals surface area (Å²) in [7, 11) is 0. The van der Waals surface area contributed by atoms with Crippen molar-refractivity contribution in [1.82, 2.24) is 0 Å². The number of aryl methyl sites for hydroxylation is 1. The predicted octanol–water partition coefficient (Wildman–Crippen LogP) is 6.59. The minimum atomic E-state index is -1.07. The van der Waals surface area contributed by atoms with Crippen molar-refractivity contribution < 1.29 is 9.59 Å². The largest absolute Gasteiger partial charge is 0.325 e. The average molecular weight is 462 g/mol. The van der Waals surface area contributed by atoms with Crippen molar-refractivity contribution in [2.75, 3.05) is 5.32 Å². The molecule has 1 amide bonds. The number of rotatable bonds is 3. The van der Waals surface area contributed by atoms with Gasteiger partial charge in [0.05, 0.1) is 0 Å². The van der Waals surface area contributed by atoms with Crippen LogP contribution in [0.15, 0.2) is 72.8 Å². The van der Waals surface area contributed by atoms with E-state index in [1.54, 1.807) is 24.3 Å². The molecule has 1 spiro atoms. The van der Waals surface area contributed by atoms with Gasteiger partial charge in [0.15, 0.2) is 5.78 Å². The Bertz CT molecular complexity index is 1300. The van der Waals surface area contributed by atoms with E-state index in [2.05, 4.69) is 12.2 Å². The van der Waals surface area contributed by atoms with E-state index in [-0.39, 0.29) is 18.1 Å². The van der Waals surface area contributed by atoms with Gasteiger partial charge in [-0.25, -0.2) is 0 Å². The van der Waals surface area contributed by atoms with E-state index in [0.717, 1.165) is 34.2 Å². The van der Waals surface area contributed by atoms with Crippen LogP contribution in [0.5, 0.6) is 0 Å². The van der Waals surface area contributed by atoms with Crippen molar-refractivity contribution in [3.8, 4) is 0 Å². The maximum Gasteiger partial charge on any atom is 0.240 e. The molecule has 0 unspecified atom stereocenters. The number of hydrogen-bond acceptors (Lipinski definition) is 2. The summed E-state index contributed by atoms with van der Waals surface area (Å²) in [5.41, 5.74) is 4.06. The maximum atomic E-state index is 13.9. The third-order valence-electron chi connectivity index (χ3n) is 6.61. The van der Waals surface area contributed by atoms with Crippen molar-refractivity contribution in [3.63, 3.8) is 0 Å². The summed E-state index contributed by atoms with van der Waals surface area (Å²) in [6, 6.07) is 20.9. The zero-order chi connectivity index (χ0) is 22.5. The molecule has 3 aromatic rings. The van der Waals surface area contributed by atoms with Crippen molar-refractivity contribution in [3.05, 3.63) is 105 Å². The van der Waals surface area contributed by atoms with Gasteiger partial charge >= 0.3 is 0 Å². The molecule has 5 rings (SSSR count). The van der Waals surface area contributed by atoms with Crippen LogP contribution in [0.3, 0.4) is 0 Å². The van der Waals surface area contributed by atoms with E-state index >= 15 is 0 Å². The number of fused-ring (bicyclic) bond motifs is 2. The van der Waals surface area contributed by atoms with Crippen molar-refractivity contribution in [2.24, 2.45) is 0 Å². The molecule has 160 valence electrons. The van der Waals surface area contributed by atoms with Gasteiger partial charge in [-0.15, -0.1) is 0 Å². The molecule has 1 aliphatic heterocycles. The highest BCUT2D eigenvalue weighted by Gasteiger charge is 2.57. The van der Waals surface area contributed by atoms with Crippen molar-refractivity contribution in [1.29, 1.82) is 0 Å². The van der Waals surface area contributed by atoms with Gasteiger partial charge in [-0.3, -0.25) is 9.59 Å². The number of amides is 1. The van der Waals surface area contributed by atoms with Crippen LogP contribution in [-0.2, 0) is 21.4 Å². The summed E-state index contributed by atoms with van der Waals surface area (Å²) in [6.45, 7) is 2.08. The second-order valence-electron chi connectivity index (χ2n) is 8.30. The summed E-state index contributed by atoms with van der Waals surface area (Å²) in [4.78, 5) is 27.0. The molecule has 0 aromatic heterocycles. The molecule has 3 nitrogen and oxygen atoms in total. The van der Waals surface area contributed by atoms with Gasteiger partial charge in [0.25, 0.3) is 0 Å². The van der Waals surface area contributed by atoms with E-state index in [1.807, 2.05) is 48.5 Å². The molecule has 0 saturated heterocycles. The Morgan fingerprint density at radius 2 is 1.75 bits per heavy atom. The third kappa shape index (κ3) is 3.11. The molecule has 0 bridgehead atoms. The molecule has 0 saturated carbocycles. The van der Waals surface area contributed by atoms with Crippen molar-refractivity contribution >= 4 is 46.2 Å². The van der Waals surface area contributed by atoms with Crippen LogP contribution in [0.4, 0.5) is 5.69 Å². The molecule has 3 aromatic carbocycles. The predicted molar refractivity (Wildman–Crippen MR) is 129 cm³/mol. The van der Waals surface area contributed by atoms with Gasteiger partial charge in [-0.2, -0.15) is 0 Å². The lowest BCUT2D eigenvalue weighted by molar-refractivity contribution is -0.121. The van der Waals surface area contributed by atoms with Crippen LogP contribution in [0.25, 0.3) is 5.57 Å². The highest BCUT2D eigenvalue weighted by Crippen LogP contribution is 2.58. The molecule has 1 heterocycles. The molecule has 1 aliphatic carbocycles. The number of carbonyl (C=O) groups is 2. The molecular weight excluding hydrogens is 441 g/mol. The molecule has 5 heteroatoms. The lowest BCUT2D eigenvalue weighted by Gasteiger charge is -2.41. The highest BCUT2D eigenvalue weighted by atomic mass is 35.5. The van der Waals surface area contributed by atoms with Gasteiger partial charge in [-0.05, 0) is 64.6 Å².